The van der Waals surface area contributed by atoms with Crippen molar-refractivity contribution in [3.63, 3.8) is 0 Å². The summed E-state index contributed by atoms with van der Waals surface area (Å²) in [5, 5.41) is 12.1. The molecule has 0 atom stereocenters. The smallest absolute Gasteiger partial charge is 0.305 e. The lowest BCUT2D eigenvalue weighted by molar-refractivity contribution is -0.136. The van der Waals surface area contributed by atoms with Gasteiger partial charge in [0, 0.05) is 17.5 Å². The van der Waals surface area contributed by atoms with Gasteiger partial charge in [-0.05, 0) is 12.1 Å². The maximum absolute atomic E-state index is 12.5. The van der Waals surface area contributed by atoms with Gasteiger partial charge in [0.25, 0.3) is 5.91 Å². The summed E-state index contributed by atoms with van der Waals surface area (Å²) in [6.45, 7) is 0.0888. The summed E-state index contributed by atoms with van der Waals surface area (Å²) in [6.07, 6.45) is -0.111. The van der Waals surface area contributed by atoms with Crippen LogP contribution in [0.2, 0.25) is 0 Å². The van der Waals surface area contributed by atoms with Crippen molar-refractivity contribution >= 4 is 22.8 Å². The summed E-state index contributed by atoms with van der Waals surface area (Å²) in [4.78, 5) is 27.7. The molecule has 0 saturated carbocycles. The second-order valence-corrected chi connectivity index (χ2v) is 5.34. The van der Waals surface area contributed by atoms with Crippen molar-refractivity contribution in [2.45, 2.75) is 6.42 Å². The first-order chi connectivity index (χ1) is 11.6. The van der Waals surface area contributed by atoms with Crippen LogP contribution >= 0.6 is 0 Å². The molecule has 120 valence electrons. The van der Waals surface area contributed by atoms with Crippen LogP contribution in [0.25, 0.3) is 22.2 Å². The number of carbonyl (C=O) groups is 2. The summed E-state index contributed by atoms with van der Waals surface area (Å²) in [5.41, 5.74) is 2.84. The largest absolute Gasteiger partial charge is 0.481 e. The van der Waals surface area contributed by atoms with E-state index in [1.165, 1.54) is 0 Å². The number of para-hydroxylation sites is 1. The van der Waals surface area contributed by atoms with E-state index in [2.05, 4.69) is 10.3 Å². The van der Waals surface area contributed by atoms with E-state index in [0.29, 0.717) is 11.3 Å². The van der Waals surface area contributed by atoms with E-state index in [1.54, 1.807) is 6.07 Å². The molecule has 1 heterocycles. The normalized spacial score (nSPS) is 10.5. The second-order valence-electron chi connectivity index (χ2n) is 5.34. The molecule has 0 aliphatic heterocycles. The maximum Gasteiger partial charge on any atom is 0.305 e. The zero-order chi connectivity index (χ0) is 16.9. The summed E-state index contributed by atoms with van der Waals surface area (Å²) in [6, 6.07) is 18.8. The van der Waals surface area contributed by atoms with Gasteiger partial charge in [0.15, 0.2) is 0 Å². The molecule has 24 heavy (non-hydrogen) atoms. The molecule has 0 unspecified atom stereocenters. The second kappa shape index (κ2) is 6.91. The van der Waals surface area contributed by atoms with Crippen LogP contribution in [0.4, 0.5) is 0 Å². The Morgan fingerprint density at radius 3 is 2.46 bits per heavy atom. The van der Waals surface area contributed by atoms with Crippen LogP contribution in [0, 0.1) is 0 Å². The Hall–Kier alpha value is -3.21. The number of hydrogen-bond donors (Lipinski definition) is 2. The topological polar surface area (TPSA) is 79.3 Å². The van der Waals surface area contributed by atoms with Crippen LogP contribution in [-0.4, -0.2) is 28.5 Å². The van der Waals surface area contributed by atoms with E-state index in [9.17, 15) is 9.59 Å². The average molecular weight is 320 g/mol. The van der Waals surface area contributed by atoms with Gasteiger partial charge in [-0.25, -0.2) is 4.98 Å². The first kappa shape index (κ1) is 15.7. The minimum absolute atomic E-state index is 0.0888. The van der Waals surface area contributed by atoms with Crippen molar-refractivity contribution < 1.29 is 14.7 Å². The number of aromatic nitrogens is 1. The van der Waals surface area contributed by atoms with Crippen LogP contribution in [0.5, 0.6) is 0 Å². The van der Waals surface area contributed by atoms with Gasteiger partial charge in [-0.3, -0.25) is 9.59 Å². The van der Waals surface area contributed by atoms with Gasteiger partial charge in [-0.15, -0.1) is 0 Å². The Bertz CT molecular complexity index is 892. The number of fused-ring (bicyclic) bond motifs is 1. The molecule has 0 bridgehead atoms. The molecule has 0 fully saturated rings. The first-order valence-electron chi connectivity index (χ1n) is 7.60. The van der Waals surface area contributed by atoms with Crippen molar-refractivity contribution in [2.24, 2.45) is 0 Å². The number of nitrogens with zero attached hydrogens (tertiary/aromatic N) is 1. The number of aliphatic carboxylic acids is 1. The fourth-order valence-corrected chi connectivity index (χ4v) is 2.50. The lowest BCUT2D eigenvalue weighted by Gasteiger charge is -2.10. The van der Waals surface area contributed by atoms with Gasteiger partial charge in [0.05, 0.1) is 23.2 Å². The zero-order valence-electron chi connectivity index (χ0n) is 12.9. The van der Waals surface area contributed by atoms with Crippen molar-refractivity contribution in [3.05, 3.63) is 66.2 Å². The third kappa shape index (κ3) is 3.41. The number of carboxylic acid groups (broad SMARTS) is 1. The molecule has 3 aromatic rings. The molecule has 0 radical (unpaired) electrons. The minimum Gasteiger partial charge on any atom is -0.481 e. The summed E-state index contributed by atoms with van der Waals surface area (Å²) in [7, 11) is 0. The molecule has 3 rings (SSSR count). The lowest BCUT2D eigenvalue weighted by atomic mass is 10.0. The Morgan fingerprint density at radius 2 is 1.71 bits per heavy atom. The molecule has 1 aromatic heterocycles. The van der Waals surface area contributed by atoms with Crippen molar-refractivity contribution in [1.82, 2.24) is 10.3 Å². The Morgan fingerprint density at radius 1 is 1.00 bits per heavy atom. The van der Waals surface area contributed by atoms with Crippen LogP contribution in [-0.2, 0) is 4.79 Å². The Kier molecular flexibility index (Phi) is 4.52. The number of carbonyl (C=O) groups excluding carboxylic acids is 1. The van der Waals surface area contributed by atoms with Crippen LogP contribution in [0.3, 0.4) is 0 Å². The summed E-state index contributed by atoms with van der Waals surface area (Å²) in [5.74, 6) is -1.24. The predicted octanol–water partition coefficient (Wildman–Crippen LogP) is 3.11. The van der Waals surface area contributed by atoms with E-state index in [-0.39, 0.29) is 18.9 Å². The van der Waals surface area contributed by atoms with E-state index < -0.39 is 5.97 Å². The van der Waals surface area contributed by atoms with Crippen molar-refractivity contribution in [3.8, 4) is 11.3 Å². The minimum atomic E-state index is -0.945. The molecule has 5 nitrogen and oxygen atoms in total. The Balaban J connectivity index is 2.02. The number of nitrogens with one attached hydrogen (secondary N) is 1. The Labute approximate surface area is 139 Å². The van der Waals surface area contributed by atoms with E-state index in [4.69, 9.17) is 5.11 Å². The maximum atomic E-state index is 12.5. The summed E-state index contributed by atoms with van der Waals surface area (Å²) < 4.78 is 0. The zero-order valence-corrected chi connectivity index (χ0v) is 12.9. The van der Waals surface area contributed by atoms with Gasteiger partial charge < -0.3 is 10.4 Å². The molecule has 5 heteroatoms. The molecular weight excluding hydrogens is 304 g/mol. The van der Waals surface area contributed by atoms with Crippen molar-refractivity contribution in [1.29, 1.82) is 0 Å². The molecule has 0 aliphatic carbocycles. The molecule has 1 amide bonds. The van der Waals surface area contributed by atoms with Gasteiger partial charge in [0.1, 0.15) is 0 Å². The van der Waals surface area contributed by atoms with Gasteiger partial charge in [-0.1, -0.05) is 48.5 Å². The predicted molar refractivity (Wildman–Crippen MR) is 91.8 cm³/mol. The van der Waals surface area contributed by atoms with Crippen LogP contribution in [0.1, 0.15) is 16.8 Å². The number of amides is 1. The van der Waals surface area contributed by atoms with E-state index in [0.717, 1.165) is 16.5 Å². The highest BCUT2D eigenvalue weighted by Crippen LogP contribution is 2.24. The van der Waals surface area contributed by atoms with Gasteiger partial charge >= 0.3 is 5.97 Å². The molecule has 2 N–H and O–H groups in total. The molecule has 0 aliphatic rings. The standard InChI is InChI=1S/C19H16N2O3/c22-18(23)10-11-20-19(24)15-12-17(13-6-2-1-3-7-13)21-16-9-5-4-8-14(15)16/h1-9,12H,10-11H2,(H,20,24)(H,22,23). The number of pyridine rings is 1. The highest BCUT2D eigenvalue weighted by Gasteiger charge is 2.13. The van der Waals surface area contributed by atoms with Gasteiger partial charge in [0.2, 0.25) is 0 Å². The number of carboxylic acids is 1. The third-order valence-corrected chi connectivity index (χ3v) is 3.65. The fourth-order valence-electron chi connectivity index (χ4n) is 2.50. The highest BCUT2D eigenvalue weighted by atomic mass is 16.4. The quantitative estimate of drug-likeness (QED) is 0.757. The molecular formula is C19H16N2O3. The molecule has 0 saturated heterocycles. The van der Waals surface area contributed by atoms with E-state index >= 15 is 0 Å². The number of benzene rings is 2. The fraction of sp³-hybridized carbons (Fsp3) is 0.105. The van der Waals surface area contributed by atoms with Crippen LogP contribution < -0.4 is 5.32 Å². The van der Waals surface area contributed by atoms with Crippen molar-refractivity contribution in [2.75, 3.05) is 6.54 Å². The van der Waals surface area contributed by atoms with E-state index in [1.807, 2.05) is 54.6 Å². The number of rotatable bonds is 5. The lowest BCUT2D eigenvalue weighted by Crippen LogP contribution is -2.26. The summed E-state index contributed by atoms with van der Waals surface area (Å²) >= 11 is 0. The van der Waals surface area contributed by atoms with Gasteiger partial charge in [-0.2, -0.15) is 0 Å². The number of hydrogen-bond acceptors (Lipinski definition) is 3. The highest BCUT2D eigenvalue weighted by molar-refractivity contribution is 6.07. The molecule has 0 spiro atoms. The third-order valence-electron chi connectivity index (χ3n) is 3.65. The first-order valence-corrected chi connectivity index (χ1v) is 7.60. The SMILES string of the molecule is O=C(O)CCNC(=O)c1cc(-c2ccccc2)nc2ccccc12. The molecule has 2 aromatic carbocycles. The average Bonchev–Trinajstić information content (AvgIpc) is 2.61. The monoisotopic (exact) mass is 320 g/mol. The van der Waals surface area contributed by atoms with Crippen LogP contribution in [0.15, 0.2) is 60.7 Å².